The second kappa shape index (κ2) is 4.79. The second-order valence-electron chi connectivity index (χ2n) is 4.95. The molecule has 0 radical (unpaired) electrons. The van der Waals surface area contributed by atoms with Crippen LogP contribution in [0.25, 0.3) is 0 Å². The van der Waals surface area contributed by atoms with Gasteiger partial charge in [0.2, 0.25) is 0 Å². The van der Waals surface area contributed by atoms with Gasteiger partial charge in [-0.15, -0.1) is 0 Å². The molecule has 0 aromatic heterocycles. The summed E-state index contributed by atoms with van der Waals surface area (Å²) < 4.78 is 0. The van der Waals surface area contributed by atoms with E-state index < -0.39 is 0 Å². The summed E-state index contributed by atoms with van der Waals surface area (Å²) in [5.74, 6) is 0.545. The molecule has 1 rings (SSSR count). The van der Waals surface area contributed by atoms with E-state index in [1.54, 1.807) is 0 Å². The maximum Gasteiger partial charge on any atom is 0.106 e. The van der Waals surface area contributed by atoms with Crippen molar-refractivity contribution in [3.8, 4) is 6.07 Å². The summed E-state index contributed by atoms with van der Waals surface area (Å²) >= 11 is 0. The molecule has 1 saturated carbocycles. The van der Waals surface area contributed by atoms with Crippen LogP contribution in [-0.2, 0) is 0 Å². The fraction of sp³-hybridized carbons (Fsp3) is 0.917. The summed E-state index contributed by atoms with van der Waals surface area (Å²) in [6.45, 7) is 6.28. The van der Waals surface area contributed by atoms with Crippen LogP contribution in [0.3, 0.4) is 0 Å². The summed E-state index contributed by atoms with van der Waals surface area (Å²) in [5, 5.41) is 12.7. The topological polar surface area (TPSA) is 35.8 Å². The molecule has 1 unspecified atom stereocenters. The van der Waals surface area contributed by atoms with Gasteiger partial charge in [0.15, 0.2) is 0 Å². The zero-order chi connectivity index (χ0) is 10.6. The predicted molar refractivity (Wildman–Crippen MR) is 58.9 cm³/mol. The average Bonchev–Trinajstić information content (AvgIpc) is 2.18. The third-order valence-electron chi connectivity index (χ3n) is 3.24. The van der Waals surface area contributed by atoms with E-state index in [1.165, 1.54) is 32.1 Å². The van der Waals surface area contributed by atoms with Crippen molar-refractivity contribution in [2.45, 2.75) is 64.5 Å². The van der Waals surface area contributed by atoms with Crippen molar-refractivity contribution in [3.63, 3.8) is 0 Å². The summed E-state index contributed by atoms with van der Waals surface area (Å²) in [6, 6.07) is 2.86. The first kappa shape index (κ1) is 11.5. The number of nitrogens with one attached hydrogen (secondary N) is 1. The molecule has 0 bridgehead atoms. The van der Waals surface area contributed by atoms with Crippen LogP contribution in [0, 0.1) is 17.2 Å². The van der Waals surface area contributed by atoms with Crippen LogP contribution in [0.1, 0.15) is 52.9 Å². The Hall–Kier alpha value is -0.550. The minimum Gasteiger partial charge on any atom is -0.297 e. The summed E-state index contributed by atoms with van der Waals surface area (Å²) in [5.41, 5.74) is -0.311. The molecule has 0 aromatic rings. The SMILES string of the molecule is CC(C)NC(C)(C#N)C1CCCCC1. The number of nitrogens with zero attached hydrogens (tertiary/aromatic N) is 1. The first-order valence-corrected chi connectivity index (χ1v) is 5.77. The van der Waals surface area contributed by atoms with Gasteiger partial charge in [0.1, 0.15) is 5.54 Å². The first-order valence-electron chi connectivity index (χ1n) is 5.77. The number of hydrogen-bond donors (Lipinski definition) is 1. The molecule has 0 saturated heterocycles. The second-order valence-corrected chi connectivity index (χ2v) is 4.95. The van der Waals surface area contributed by atoms with Gasteiger partial charge in [-0.2, -0.15) is 5.26 Å². The van der Waals surface area contributed by atoms with Gasteiger partial charge >= 0.3 is 0 Å². The Bertz CT molecular complexity index is 211. The third kappa shape index (κ3) is 2.72. The van der Waals surface area contributed by atoms with Crippen LogP contribution in [0.2, 0.25) is 0 Å². The van der Waals surface area contributed by atoms with Crippen molar-refractivity contribution in [1.29, 1.82) is 5.26 Å². The highest BCUT2D eigenvalue weighted by atomic mass is 15.0. The summed E-state index contributed by atoms with van der Waals surface area (Å²) in [7, 11) is 0. The standard InChI is InChI=1S/C12H22N2/c1-10(2)14-12(3,9-13)11-7-5-4-6-8-11/h10-11,14H,4-8H2,1-3H3. The molecule has 1 aliphatic rings. The number of hydrogen-bond acceptors (Lipinski definition) is 2. The first-order chi connectivity index (χ1) is 6.58. The Balaban J connectivity index is 2.62. The van der Waals surface area contributed by atoms with Crippen molar-refractivity contribution in [1.82, 2.24) is 5.32 Å². The smallest absolute Gasteiger partial charge is 0.106 e. The molecule has 1 fully saturated rings. The van der Waals surface area contributed by atoms with E-state index in [0.29, 0.717) is 12.0 Å². The molecular weight excluding hydrogens is 172 g/mol. The monoisotopic (exact) mass is 194 g/mol. The molecule has 2 heteroatoms. The lowest BCUT2D eigenvalue weighted by Crippen LogP contribution is -2.51. The van der Waals surface area contributed by atoms with Gasteiger partial charge < -0.3 is 0 Å². The van der Waals surface area contributed by atoms with E-state index in [0.717, 1.165) is 0 Å². The van der Waals surface area contributed by atoms with Gasteiger partial charge in [-0.25, -0.2) is 0 Å². The Morgan fingerprint density at radius 2 is 1.86 bits per heavy atom. The molecule has 0 amide bonds. The molecule has 80 valence electrons. The predicted octanol–water partition coefficient (Wildman–Crippen LogP) is 2.85. The molecule has 0 aliphatic heterocycles. The zero-order valence-corrected chi connectivity index (χ0v) is 9.64. The van der Waals surface area contributed by atoms with Crippen molar-refractivity contribution in [2.75, 3.05) is 0 Å². The van der Waals surface area contributed by atoms with Crippen molar-refractivity contribution in [3.05, 3.63) is 0 Å². The fourth-order valence-corrected chi connectivity index (χ4v) is 2.52. The van der Waals surface area contributed by atoms with Gasteiger partial charge in [0, 0.05) is 6.04 Å². The summed E-state index contributed by atoms with van der Waals surface area (Å²) in [4.78, 5) is 0. The molecular formula is C12H22N2. The van der Waals surface area contributed by atoms with Crippen molar-refractivity contribution >= 4 is 0 Å². The third-order valence-corrected chi connectivity index (χ3v) is 3.24. The zero-order valence-electron chi connectivity index (χ0n) is 9.64. The largest absolute Gasteiger partial charge is 0.297 e. The highest BCUT2D eigenvalue weighted by Crippen LogP contribution is 2.32. The Kier molecular flexibility index (Phi) is 3.95. The molecule has 14 heavy (non-hydrogen) atoms. The average molecular weight is 194 g/mol. The maximum absolute atomic E-state index is 9.27. The van der Waals surface area contributed by atoms with E-state index in [2.05, 4.69) is 32.2 Å². The van der Waals surface area contributed by atoms with Gasteiger partial charge in [-0.3, -0.25) is 5.32 Å². The fourth-order valence-electron chi connectivity index (χ4n) is 2.52. The highest BCUT2D eigenvalue weighted by Gasteiger charge is 2.35. The van der Waals surface area contributed by atoms with Crippen LogP contribution >= 0.6 is 0 Å². The lowest BCUT2D eigenvalue weighted by Gasteiger charge is -2.36. The molecule has 1 aliphatic carbocycles. The van der Waals surface area contributed by atoms with Gasteiger partial charge in [-0.05, 0) is 39.5 Å². The quantitative estimate of drug-likeness (QED) is 0.750. The summed E-state index contributed by atoms with van der Waals surface area (Å²) in [6.07, 6.45) is 6.36. The van der Waals surface area contributed by atoms with Crippen LogP contribution in [-0.4, -0.2) is 11.6 Å². The van der Waals surface area contributed by atoms with Crippen molar-refractivity contribution < 1.29 is 0 Å². The van der Waals surface area contributed by atoms with Crippen LogP contribution in [0.4, 0.5) is 0 Å². The normalized spacial score (nSPS) is 23.1. The Morgan fingerprint density at radius 1 is 1.29 bits per heavy atom. The maximum atomic E-state index is 9.27. The van der Waals surface area contributed by atoms with E-state index in [4.69, 9.17) is 0 Å². The lowest BCUT2D eigenvalue weighted by molar-refractivity contribution is 0.216. The molecule has 0 spiro atoms. The molecule has 0 aromatic carbocycles. The molecule has 2 nitrogen and oxygen atoms in total. The number of nitriles is 1. The van der Waals surface area contributed by atoms with Crippen LogP contribution in [0.15, 0.2) is 0 Å². The minimum atomic E-state index is -0.311. The van der Waals surface area contributed by atoms with Crippen molar-refractivity contribution in [2.24, 2.45) is 5.92 Å². The van der Waals surface area contributed by atoms with Crippen LogP contribution in [0.5, 0.6) is 0 Å². The van der Waals surface area contributed by atoms with E-state index >= 15 is 0 Å². The lowest BCUT2D eigenvalue weighted by atomic mass is 9.76. The van der Waals surface area contributed by atoms with Gasteiger partial charge in [0.25, 0.3) is 0 Å². The van der Waals surface area contributed by atoms with E-state index in [9.17, 15) is 5.26 Å². The van der Waals surface area contributed by atoms with E-state index in [1.807, 2.05) is 0 Å². The number of rotatable bonds is 3. The molecule has 1 atom stereocenters. The Labute approximate surface area is 87.7 Å². The van der Waals surface area contributed by atoms with E-state index in [-0.39, 0.29) is 5.54 Å². The molecule has 0 heterocycles. The molecule has 1 N–H and O–H groups in total. The highest BCUT2D eigenvalue weighted by molar-refractivity contribution is 5.08. The Morgan fingerprint density at radius 3 is 2.29 bits per heavy atom. The minimum absolute atomic E-state index is 0.311. The van der Waals surface area contributed by atoms with Crippen LogP contribution < -0.4 is 5.32 Å². The van der Waals surface area contributed by atoms with Gasteiger partial charge in [0.05, 0.1) is 6.07 Å². The van der Waals surface area contributed by atoms with Gasteiger partial charge in [-0.1, -0.05) is 19.3 Å².